The van der Waals surface area contributed by atoms with Crippen LogP contribution >= 0.6 is 0 Å². The van der Waals surface area contributed by atoms with Crippen LogP contribution in [0.4, 0.5) is 0 Å². The lowest BCUT2D eigenvalue weighted by molar-refractivity contribution is 0.231. The highest BCUT2D eigenvalue weighted by Crippen LogP contribution is 2.11. The van der Waals surface area contributed by atoms with Crippen LogP contribution in [0, 0.1) is 5.92 Å². The first kappa shape index (κ1) is 11.9. The Labute approximate surface area is 75.3 Å². The molecule has 3 unspecified atom stereocenters. The van der Waals surface area contributed by atoms with Crippen LogP contribution in [0.2, 0.25) is 0 Å². The zero-order valence-electron chi connectivity index (χ0n) is 8.38. The number of nitrogens with one attached hydrogen (secondary N) is 1. The maximum absolute atomic E-state index is 8.79. The minimum absolute atomic E-state index is 0.228. The van der Waals surface area contributed by atoms with Gasteiger partial charge in [-0.1, -0.05) is 13.8 Å². The monoisotopic (exact) mass is 174 g/mol. The van der Waals surface area contributed by atoms with Crippen molar-refractivity contribution in [2.75, 3.05) is 13.7 Å². The van der Waals surface area contributed by atoms with Crippen molar-refractivity contribution in [3.8, 4) is 0 Å². The molecule has 3 heteroatoms. The molecular weight excluding hydrogens is 152 g/mol. The van der Waals surface area contributed by atoms with Gasteiger partial charge in [0.05, 0.1) is 0 Å². The van der Waals surface area contributed by atoms with Crippen molar-refractivity contribution in [3.63, 3.8) is 0 Å². The molecule has 0 aromatic heterocycles. The molecule has 0 aromatic carbocycles. The molecule has 12 heavy (non-hydrogen) atoms. The standard InChI is InChI=1S/C9H22N2O/c1-4-8(10)7(2)9(11-3)5-6-12/h7-9,11-12H,4-6,10H2,1-3H3. The smallest absolute Gasteiger partial charge is 0.0445 e. The normalized spacial score (nSPS) is 18.8. The van der Waals surface area contributed by atoms with E-state index in [1.54, 1.807) is 0 Å². The first-order valence-electron chi connectivity index (χ1n) is 4.71. The third-order valence-electron chi connectivity index (χ3n) is 2.59. The van der Waals surface area contributed by atoms with Crippen LogP contribution in [0.3, 0.4) is 0 Å². The third-order valence-corrected chi connectivity index (χ3v) is 2.59. The summed E-state index contributed by atoms with van der Waals surface area (Å²) in [5.74, 6) is 0.423. The lowest BCUT2D eigenvalue weighted by atomic mass is 9.91. The van der Waals surface area contributed by atoms with Crippen molar-refractivity contribution < 1.29 is 5.11 Å². The lowest BCUT2D eigenvalue weighted by Gasteiger charge is -2.27. The molecule has 4 N–H and O–H groups in total. The molecule has 0 spiro atoms. The summed E-state index contributed by atoms with van der Waals surface area (Å²) in [5, 5.41) is 12.0. The summed E-state index contributed by atoms with van der Waals surface area (Å²) < 4.78 is 0. The van der Waals surface area contributed by atoms with Gasteiger partial charge in [0, 0.05) is 18.7 Å². The minimum Gasteiger partial charge on any atom is -0.396 e. The van der Waals surface area contributed by atoms with E-state index < -0.39 is 0 Å². The Morgan fingerprint density at radius 1 is 1.50 bits per heavy atom. The lowest BCUT2D eigenvalue weighted by Crippen LogP contribution is -2.42. The van der Waals surface area contributed by atoms with Gasteiger partial charge in [-0.15, -0.1) is 0 Å². The summed E-state index contributed by atoms with van der Waals surface area (Å²) in [6.45, 7) is 4.45. The Balaban J connectivity index is 3.91. The fraction of sp³-hybridized carbons (Fsp3) is 1.00. The molecule has 0 rings (SSSR count). The highest BCUT2D eigenvalue weighted by atomic mass is 16.3. The number of aliphatic hydroxyl groups excluding tert-OH is 1. The van der Waals surface area contributed by atoms with E-state index >= 15 is 0 Å². The van der Waals surface area contributed by atoms with Gasteiger partial charge in [0.1, 0.15) is 0 Å². The Morgan fingerprint density at radius 3 is 2.42 bits per heavy atom. The summed E-state index contributed by atoms with van der Waals surface area (Å²) in [7, 11) is 1.92. The van der Waals surface area contributed by atoms with Crippen LogP contribution < -0.4 is 11.1 Å². The van der Waals surface area contributed by atoms with E-state index in [0.717, 1.165) is 12.8 Å². The number of hydrogen-bond acceptors (Lipinski definition) is 3. The summed E-state index contributed by atoms with van der Waals surface area (Å²) >= 11 is 0. The second-order valence-corrected chi connectivity index (χ2v) is 3.34. The largest absolute Gasteiger partial charge is 0.396 e. The SMILES string of the molecule is CCC(N)C(C)C(CCO)NC. The molecular formula is C9H22N2O. The maximum atomic E-state index is 8.79. The Bertz CT molecular complexity index is 109. The highest BCUT2D eigenvalue weighted by molar-refractivity contribution is 4.79. The average molecular weight is 174 g/mol. The molecule has 3 nitrogen and oxygen atoms in total. The van der Waals surface area contributed by atoms with Gasteiger partial charge in [0.25, 0.3) is 0 Å². The Hall–Kier alpha value is -0.120. The summed E-state index contributed by atoms with van der Waals surface area (Å²) in [5.41, 5.74) is 5.90. The number of rotatable bonds is 6. The minimum atomic E-state index is 0.228. The summed E-state index contributed by atoms with van der Waals surface area (Å²) in [4.78, 5) is 0. The molecule has 0 radical (unpaired) electrons. The Kier molecular flexibility index (Phi) is 6.34. The van der Waals surface area contributed by atoms with Gasteiger partial charge < -0.3 is 16.2 Å². The van der Waals surface area contributed by atoms with E-state index in [-0.39, 0.29) is 12.6 Å². The predicted molar refractivity (Wildman–Crippen MR) is 52.0 cm³/mol. The summed E-state index contributed by atoms with van der Waals surface area (Å²) in [6, 6.07) is 0.568. The van der Waals surface area contributed by atoms with Gasteiger partial charge in [-0.2, -0.15) is 0 Å². The number of nitrogens with two attached hydrogens (primary N) is 1. The molecule has 0 aliphatic heterocycles. The van der Waals surface area contributed by atoms with Gasteiger partial charge in [-0.3, -0.25) is 0 Å². The first-order valence-corrected chi connectivity index (χ1v) is 4.71. The third kappa shape index (κ3) is 3.52. The molecule has 0 amide bonds. The quantitative estimate of drug-likeness (QED) is 0.544. The van der Waals surface area contributed by atoms with Crippen molar-refractivity contribution >= 4 is 0 Å². The van der Waals surface area contributed by atoms with Gasteiger partial charge in [-0.05, 0) is 25.8 Å². The highest BCUT2D eigenvalue weighted by Gasteiger charge is 2.19. The van der Waals surface area contributed by atoms with Crippen LogP contribution in [0.5, 0.6) is 0 Å². The number of hydrogen-bond donors (Lipinski definition) is 3. The van der Waals surface area contributed by atoms with Crippen molar-refractivity contribution in [2.45, 2.75) is 38.8 Å². The molecule has 3 atom stereocenters. The number of aliphatic hydroxyl groups is 1. The van der Waals surface area contributed by atoms with E-state index in [0.29, 0.717) is 12.0 Å². The molecule has 0 aromatic rings. The van der Waals surface area contributed by atoms with E-state index in [1.165, 1.54) is 0 Å². The molecule has 74 valence electrons. The van der Waals surface area contributed by atoms with Crippen LogP contribution in [0.1, 0.15) is 26.7 Å². The van der Waals surface area contributed by atoms with Crippen LogP contribution in [0.15, 0.2) is 0 Å². The molecule has 0 aliphatic rings. The molecule has 0 heterocycles. The fourth-order valence-electron chi connectivity index (χ4n) is 1.48. The van der Waals surface area contributed by atoms with Crippen LogP contribution in [-0.4, -0.2) is 30.8 Å². The van der Waals surface area contributed by atoms with E-state index in [9.17, 15) is 0 Å². The summed E-state index contributed by atoms with van der Waals surface area (Å²) in [6.07, 6.45) is 1.77. The second-order valence-electron chi connectivity index (χ2n) is 3.34. The van der Waals surface area contributed by atoms with E-state index in [1.807, 2.05) is 7.05 Å². The van der Waals surface area contributed by atoms with Crippen molar-refractivity contribution in [1.82, 2.24) is 5.32 Å². The van der Waals surface area contributed by atoms with Gasteiger partial charge in [0.2, 0.25) is 0 Å². The molecule has 0 saturated carbocycles. The average Bonchev–Trinajstić information content (AvgIpc) is 2.11. The molecule has 0 saturated heterocycles. The van der Waals surface area contributed by atoms with Crippen LogP contribution in [0.25, 0.3) is 0 Å². The molecule has 0 aliphatic carbocycles. The van der Waals surface area contributed by atoms with Gasteiger partial charge in [0.15, 0.2) is 0 Å². The molecule has 0 fully saturated rings. The maximum Gasteiger partial charge on any atom is 0.0445 e. The second kappa shape index (κ2) is 6.40. The topological polar surface area (TPSA) is 58.3 Å². The first-order chi connectivity index (χ1) is 5.67. The van der Waals surface area contributed by atoms with Gasteiger partial charge >= 0.3 is 0 Å². The predicted octanol–water partition coefficient (Wildman–Crippen LogP) is 0.330. The van der Waals surface area contributed by atoms with Crippen molar-refractivity contribution in [2.24, 2.45) is 11.7 Å². The zero-order chi connectivity index (χ0) is 9.56. The van der Waals surface area contributed by atoms with E-state index in [4.69, 9.17) is 10.8 Å². The van der Waals surface area contributed by atoms with E-state index in [2.05, 4.69) is 19.2 Å². The molecule has 0 bridgehead atoms. The Morgan fingerprint density at radius 2 is 2.08 bits per heavy atom. The van der Waals surface area contributed by atoms with Crippen LogP contribution in [-0.2, 0) is 0 Å². The fourth-order valence-corrected chi connectivity index (χ4v) is 1.48. The van der Waals surface area contributed by atoms with Gasteiger partial charge in [-0.25, -0.2) is 0 Å². The van der Waals surface area contributed by atoms with Crippen molar-refractivity contribution in [3.05, 3.63) is 0 Å². The zero-order valence-corrected chi connectivity index (χ0v) is 8.38. The van der Waals surface area contributed by atoms with Crippen molar-refractivity contribution in [1.29, 1.82) is 0 Å².